The third kappa shape index (κ3) is 3.22. The molecular formula is C15H19N3OS. The van der Waals surface area contributed by atoms with Gasteiger partial charge < -0.3 is 5.32 Å². The Labute approximate surface area is 123 Å². The number of aromatic nitrogens is 2. The minimum atomic E-state index is -0.169. The van der Waals surface area contributed by atoms with Gasteiger partial charge in [-0.25, -0.2) is 4.98 Å². The first-order valence-electron chi connectivity index (χ1n) is 6.72. The van der Waals surface area contributed by atoms with Gasteiger partial charge in [-0.2, -0.15) is 0 Å². The quantitative estimate of drug-likeness (QED) is 0.934. The Hall–Kier alpha value is -1.75. The Morgan fingerprint density at radius 2 is 2.10 bits per heavy atom. The van der Waals surface area contributed by atoms with Crippen molar-refractivity contribution in [3.63, 3.8) is 0 Å². The summed E-state index contributed by atoms with van der Waals surface area (Å²) in [7, 11) is 0. The number of nitrogens with zero attached hydrogens (tertiary/aromatic N) is 2. The third-order valence-electron chi connectivity index (χ3n) is 2.96. The lowest BCUT2D eigenvalue weighted by Gasteiger charge is -2.06. The van der Waals surface area contributed by atoms with E-state index in [1.54, 1.807) is 17.5 Å². The predicted octanol–water partition coefficient (Wildman–Crippen LogP) is 3.67. The van der Waals surface area contributed by atoms with Gasteiger partial charge in [0.1, 0.15) is 10.7 Å². The van der Waals surface area contributed by atoms with E-state index in [1.807, 2.05) is 26.8 Å². The second-order valence-corrected chi connectivity index (χ2v) is 5.99. The molecule has 0 aliphatic carbocycles. The van der Waals surface area contributed by atoms with Crippen molar-refractivity contribution in [3.8, 4) is 0 Å². The summed E-state index contributed by atoms with van der Waals surface area (Å²) in [5.41, 5.74) is 3.29. The second kappa shape index (κ2) is 6.13. The van der Waals surface area contributed by atoms with Crippen molar-refractivity contribution < 1.29 is 4.79 Å². The fourth-order valence-electron chi connectivity index (χ4n) is 2.00. The number of rotatable bonds is 4. The third-order valence-corrected chi connectivity index (χ3v) is 4.09. The molecule has 5 heteroatoms. The van der Waals surface area contributed by atoms with Gasteiger partial charge in [0.25, 0.3) is 5.91 Å². The van der Waals surface area contributed by atoms with Gasteiger partial charge in [-0.15, -0.1) is 11.3 Å². The van der Waals surface area contributed by atoms with Crippen molar-refractivity contribution in [1.29, 1.82) is 0 Å². The number of hydrogen-bond acceptors (Lipinski definition) is 4. The molecular weight excluding hydrogens is 270 g/mol. The number of carbonyl (C=O) groups is 1. The molecule has 0 fully saturated rings. The Bertz CT molecular complexity index is 634. The normalized spacial score (nSPS) is 10.6. The molecule has 0 spiro atoms. The molecule has 2 aromatic heterocycles. The fraction of sp³-hybridized carbons (Fsp3) is 0.400. The van der Waals surface area contributed by atoms with E-state index < -0.39 is 0 Å². The van der Waals surface area contributed by atoms with E-state index in [4.69, 9.17) is 0 Å². The average Bonchev–Trinajstić information content (AvgIpc) is 2.70. The van der Waals surface area contributed by atoms with Crippen LogP contribution >= 0.6 is 11.3 Å². The summed E-state index contributed by atoms with van der Waals surface area (Å²) < 4.78 is 0. The second-order valence-electron chi connectivity index (χ2n) is 4.90. The van der Waals surface area contributed by atoms with Crippen molar-refractivity contribution in [3.05, 3.63) is 39.8 Å². The van der Waals surface area contributed by atoms with Crippen LogP contribution in [0.1, 0.15) is 45.7 Å². The summed E-state index contributed by atoms with van der Waals surface area (Å²) in [5, 5.41) is 4.80. The first-order valence-corrected chi connectivity index (χ1v) is 7.53. The first-order chi connectivity index (χ1) is 9.51. The van der Waals surface area contributed by atoms with E-state index >= 15 is 0 Å². The van der Waals surface area contributed by atoms with Crippen LogP contribution in [0.4, 0.5) is 5.00 Å². The van der Waals surface area contributed by atoms with Crippen LogP contribution in [0.25, 0.3) is 0 Å². The van der Waals surface area contributed by atoms with E-state index in [0.29, 0.717) is 5.69 Å². The monoisotopic (exact) mass is 289 g/mol. The molecule has 0 saturated carbocycles. The molecule has 2 rings (SSSR count). The molecule has 0 unspecified atom stereocenters. The topological polar surface area (TPSA) is 54.9 Å². The number of amides is 1. The highest BCUT2D eigenvalue weighted by atomic mass is 32.1. The van der Waals surface area contributed by atoms with Gasteiger partial charge in [0.05, 0.1) is 10.7 Å². The first kappa shape index (κ1) is 14.7. The molecule has 0 aliphatic rings. The van der Waals surface area contributed by atoms with E-state index in [-0.39, 0.29) is 5.91 Å². The van der Waals surface area contributed by atoms with E-state index in [1.165, 1.54) is 0 Å². The van der Waals surface area contributed by atoms with Crippen LogP contribution in [0, 0.1) is 20.8 Å². The maximum atomic E-state index is 12.3. The van der Waals surface area contributed by atoms with Gasteiger partial charge in [0.2, 0.25) is 0 Å². The van der Waals surface area contributed by atoms with Crippen LogP contribution < -0.4 is 5.32 Å². The molecule has 0 atom stereocenters. The molecule has 4 nitrogen and oxygen atoms in total. The molecule has 106 valence electrons. The van der Waals surface area contributed by atoms with Gasteiger partial charge in [0.15, 0.2) is 0 Å². The number of nitrogens with one attached hydrogen (secondary N) is 1. The van der Waals surface area contributed by atoms with E-state index in [2.05, 4.69) is 22.2 Å². The SMILES string of the molecule is CCCc1nc(C)c(NC(=O)c2ncc(C)cc2C)s1. The minimum absolute atomic E-state index is 0.169. The van der Waals surface area contributed by atoms with Gasteiger partial charge in [-0.1, -0.05) is 13.0 Å². The number of anilines is 1. The van der Waals surface area contributed by atoms with Crippen LogP contribution in [0.5, 0.6) is 0 Å². The summed E-state index contributed by atoms with van der Waals surface area (Å²) in [5.74, 6) is -0.169. The molecule has 0 aromatic carbocycles. The molecule has 1 N–H and O–H groups in total. The zero-order chi connectivity index (χ0) is 14.7. The zero-order valence-electron chi connectivity index (χ0n) is 12.3. The van der Waals surface area contributed by atoms with Crippen molar-refractivity contribution in [2.24, 2.45) is 0 Å². The smallest absolute Gasteiger partial charge is 0.275 e. The van der Waals surface area contributed by atoms with E-state index in [0.717, 1.165) is 39.7 Å². The lowest BCUT2D eigenvalue weighted by molar-refractivity contribution is 0.102. The van der Waals surface area contributed by atoms with Gasteiger partial charge in [-0.3, -0.25) is 9.78 Å². The van der Waals surface area contributed by atoms with Crippen molar-refractivity contribution in [1.82, 2.24) is 9.97 Å². The Kier molecular flexibility index (Phi) is 4.49. The number of thiazole rings is 1. The summed E-state index contributed by atoms with van der Waals surface area (Å²) >= 11 is 1.55. The van der Waals surface area contributed by atoms with Gasteiger partial charge in [-0.05, 0) is 44.7 Å². The molecule has 0 radical (unpaired) electrons. The Morgan fingerprint density at radius 3 is 2.75 bits per heavy atom. The van der Waals surface area contributed by atoms with Crippen molar-refractivity contribution in [2.75, 3.05) is 5.32 Å². The van der Waals surface area contributed by atoms with E-state index in [9.17, 15) is 4.79 Å². The number of pyridine rings is 1. The summed E-state index contributed by atoms with van der Waals surface area (Å²) in [4.78, 5) is 21.0. The lowest BCUT2D eigenvalue weighted by Crippen LogP contribution is -2.15. The highest BCUT2D eigenvalue weighted by Gasteiger charge is 2.14. The van der Waals surface area contributed by atoms with Crippen LogP contribution in [0.2, 0.25) is 0 Å². The predicted molar refractivity (Wildman–Crippen MR) is 82.5 cm³/mol. The maximum absolute atomic E-state index is 12.3. The largest absolute Gasteiger partial charge is 0.311 e. The van der Waals surface area contributed by atoms with Crippen molar-refractivity contribution in [2.45, 2.75) is 40.5 Å². The Balaban J connectivity index is 2.19. The zero-order valence-corrected chi connectivity index (χ0v) is 13.1. The average molecular weight is 289 g/mol. The number of hydrogen-bond donors (Lipinski definition) is 1. The summed E-state index contributed by atoms with van der Waals surface area (Å²) in [6.07, 6.45) is 3.71. The van der Waals surface area contributed by atoms with Crippen LogP contribution in [0.3, 0.4) is 0 Å². The minimum Gasteiger partial charge on any atom is -0.311 e. The fourth-order valence-corrected chi connectivity index (χ4v) is 3.07. The molecule has 2 heterocycles. The van der Waals surface area contributed by atoms with Crippen LogP contribution in [-0.2, 0) is 6.42 Å². The van der Waals surface area contributed by atoms with Crippen LogP contribution in [-0.4, -0.2) is 15.9 Å². The van der Waals surface area contributed by atoms with Gasteiger partial charge >= 0.3 is 0 Å². The number of aryl methyl sites for hydroxylation is 4. The molecule has 2 aromatic rings. The standard InChI is InChI=1S/C15H19N3OS/c1-5-6-12-17-11(4)15(20-12)18-14(19)13-10(3)7-9(2)8-16-13/h7-8H,5-6H2,1-4H3,(H,18,19). The van der Waals surface area contributed by atoms with Crippen molar-refractivity contribution >= 4 is 22.2 Å². The molecule has 0 saturated heterocycles. The molecule has 1 amide bonds. The van der Waals surface area contributed by atoms with Gasteiger partial charge in [0, 0.05) is 6.20 Å². The summed E-state index contributed by atoms with van der Waals surface area (Å²) in [6, 6.07) is 1.96. The van der Waals surface area contributed by atoms with Crippen LogP contribution in [0.15, 0.2) is 12.3 Å². The summed E-state index contributed by atoms with van der Waals surface area (Å²) in [6.45, 7) is 7.90. The molecule has 0 bridgehead atoms. The molecule has 0 aliphatic heterocycles. The molecule has 20 heavy (non-hydrogen) atoms. The highest BCUT2D eigenvalue weighted by Crippen LogP contribution is 2.25. The maximum Gasteiger partial charge on any atom is 0.275 e. The number of carbonyl (C=O) groups excluding carboxylic acids is 1. The Morgan fingerprint density at radius 1 is 1.35 bits per heavy atom. The lowest BCUT2D eigenvalue weighted by atomic mass is 10.1. The highest BCUT2D eigenvalue weighted by molar-refractivity contribution is 7.16.